The predicted octanol–water partition coefficient (Wildman–Crippen LogP) is 3.23. The fourth-order valence-electron chi connectivity index (χ4n) is 5.42. The second-order valence-electron chi connectivity index (χ2n) is 7.92. The van der Waals surface area contributed by atoms with Gasteiger partial charge in [0.25, 0.3) is 11.8 Å². The van der Waals surface area contributed by atoms with Gasteiger partial charge in [0.2, 0.25) is 0 Å². The molecule has 4 atom stereocenters. The van der Waals surface area contributed by atoms with Gasteiger partial charge >= 0.3 is 0 Å². The van der Waals surface area contributed by atoms with Crippen LogP contribution in [0.5, 0.6) is 11.5 Å². The van der Waals surface area contributed by atoms with Crippen LogP contribution in [0.4, 0.5) is 0 Å². The quantitative estimate of drug-likeness (QED) is 0.274. The van der Waals surface area contributed by atoms with Gasteiger partial charge in [0.05, 0.1) is 35.3 Å². The van der Waals surface area contributed by atoms with Crippen LogP contribution in [0, 0.1) is 32.7 Å². The largest absolute Gasteiger partial charge is 0.492 e. The van der Waals surface area contributed by atoms with E-state index in [9.17, 15) is 9.59 Å². The van der Waals surface area contributed by atoms with Gasteiger partial charge in [-0.15, -0.1) is 0 Å². The molecule has 1 saturated heterocycles. The van der Waals surface area contributed by atoms with Gasteiger partial charge in [-0.3, -0.25) is 9.59 Å². The van der Waals surface area contributed by atoms with Crippen LogP contribution in [0.1, 0.15) is 25.3 Å². The van der Waals surface area contributed by atoms with Gasteiger partial charge in [-0.2, -0.15) is 10.1 Å². The van der Waals surface area contributed by atoms with Crippen molar-refractivity contribution in [2.45, 2.75) is 19.8 Å². The van der Waals surface area contributed by atoms with Crippen molar-refractivity contribution < 1.29 is 19.1 Å². The molecule has 146 valence electrons. The number of carbonyl (C=O) groups excluding carboxylic acids is 2. The number of hydrogen-bond donors (Lipinski definition) is 0. The normalized spacial score (nSPS) is 31.3. The zero-order valence-electron chi connectivity index (χ0n) is 15.7. The highest BCUT2D eigenvalue weighted by Crippen LogP contribution is 2.73. The Labute approximate surface area is 177 Å². The van der Waals surface area contributed by atoms with Crippen LogP contribution in [-0.2, 0) is 9.59 Å². The first-order valence-corrected chi connectivity index (χ1v) is 10.7. The van der Waals surface area contributed by atoms with Crippen LogP contribution in [0.3, 0.4) is 0 Å². The zero-order valence-corrected chi connectivity index (χ0v) is 17.9. The third-order valence-electron chi connectivity index (χ3n) is 6.69. The van der Waals surface area contributed by atoms with Crippen molar-refractivity contribution in [1.82, 2.24) is 5.01 Å². The summed E-state index contributed by atoms with van der Waals surface area (Å²) in [5.41, 5.74) is 0.959. The lowest BCUT2D eigenvalue weighted by atomic mass is 9.85. The number of nitrogens with zero attached hydrogens (tertiary/aromatic N) is 2. The fourth-order valence-corrected chi connectivity index (χ4v) is 6.27. The first-order chi connectivity index (χ1) is 13.5. The number of hydrogen-bond acceptors (Lipinski definition) is 5. The van der Waals surface area contributed by atoms with E-state index in [1.54, 1.807) is 13.3 Å². The summed E-state index contributed by atoms with van der Waals surface area (Å²) in [6.45, 7) is 2.42. The van der Waals surface area contributed by atoms with E-state index in [0.29, 0.717) is 18.1 Å². The van der Waals surface area contributed by atoms with Crippen molar-refractivity contribution in [3.05, 3.63) is 33.4 Å². The molecule has 7 heteroatoms. The van der Waals surface area contributed by atoms with Crippen molar-refractivity contribution >= 4 is 40.6 Å². The molecule has 1 heterocycles. The Balaban J connectivity index is 1.41. The molecule has 3 aliphatic carbocycles. The lowest BCUT2D eigenvalue weighted by molar-refractivity contribution is -0.141. The molecule has 1 aromatic rings. The van der Waals surface area contributed by atoms with Gasteiger partial charge in [-0.25, -0.2) is 0 Å². The third-order valence-corrected chi connectivity index (χ3v) is 7.49. The van der Waals surface area contributed by atoms with E-state index in [0.717, 1.165) is 27.0 Å². The Bertz CT molecular complexity index is 903. The second kappa shape index (κ2) is 6.30. The average Bonchev–Trinajstić information content (AvgIpc) is 3.27. The summed E-state index contributed by atoms with van der Waals surface area (Å²) in [5.74, 6) is 0.961. The number of rotatable bonds is 5. The number of methoxy groups -OCH3 is 1. The maximum Gasteiger partial charge on any atom is 0.254 e. The fraction of sp³-hybridized carbons (Fsp3) is 0.476. The van der Waals surface area contributed by atoms with E-state index in [1.807, 2.05) is 19.1 Å². The Hall–Kier alpha value is -1.90. The first kappa shape index (κ1) is 18.1. The number of hydrazone groups is 1. The van der Waals surface area contributed by atoms with Gasteiger partial charge < -0.3 is 9.47 Å². The minimum absolute atomic E-state index is 0.150. The Kier molecular flexibility index (Phi) is 4.08. The number of halogens is 1. The van der Waals surface area contributed by atoms with Crippen molar-refractivity contribution in [2.24, 2.45) is 34.2 Å². The minimum Gasteiger partial charge on any atom is -0.492 e. The number of allylic oxidation sites excluding steroid dienone is 2. The van der Waals surface area contributed by atoms with E-state index in [1.165, 1.54) is 0 Å². The van der Waals surface area contributed by atoms with Crippen molar-refractivity contribution in [1.29, 1.82) is 0 Å². The molecule has 3 fully saturated rings. The number of ether oxygens (including phenoxy) is 2. The highest BCUT2D eigenvalue weighted by Gasteiger charge is 2.73. The Morgan fingerprint density at radius 3 is 2.39 bits per heavy atom. The van der Waals surface area contributed by atoms with Crippen molar-refractivity contribution in [3.8, 4) is 11.5 Å². The lowest BCUT2D eigenvalue weighted by Gasteiger charge is -2.18. The summed E-state index contributed by atoms with van der Waals surface area (Å²) in [5, 5.41) is 5.37. The first-order valence-electron chi connectivity index (χ1n) is 9.62. The molecule has 1 spiro atoms. The summed E-state index contributed by atoms with van der Waals surface area (Å²) in [4.78, 5) is 25.9. The molecule has 5 rings (SSSR count). The van der Waals surface area contributed by atoms with Crippen molar-refractivity contribution in [3.63, 3.8) is 0 Å². The molecular formula is C21H21IN2O4. The van der Waals surface area contributed by atoms with Crippen LogP contribution in [-0.4, -0.2) is 36.8 Å². The Morgan fingerprint density at radius 2 is 1.86 bits per heavy atom. The smallest absolute Gasteiger partial charge is 0.254 e. The van der Waals surface area contributed by atoms with Gasteiger partial charge in [-0.1, -0.05) is 12.2 Å². The van der Waals surface area contributed by atoms with E-state index < -0.39 is 0 Å². The standard InChI is InChI=1S/C21H21IN2O4/c1-3-28-15-9-11(8-14(22)18(15)27-2)10-23-24-19(25)16-12-4-5-13(17(16)20(24)26)21(12)6-7-21/h4-5,8-10,12-13,16-17H,3,6-7H2,1-2H3/b23-10-/t12-,13-,16+,17+/m1/s1. The molecule has 2 bridgehead atoms. The molecule has 0 radical (unpaired) electrons. The second-order valence-corrected chi connectivity index (χ2v) is 9.08. The third kappa shape index (κ3) is 2.34. The summed E-state index contributed by atoms with van der Waals surface area (Å²) >= 11 is 2.17. The van der Waals surface area contributed by atoms with Gasteiger partial charge in [-0.05, 0) is 77.3 Å². The molecule has 2 amide bonds. The van der Waals surface area contributed by atoms with Crippen LogP contribution in [0.2, 0.25) is 0 Å². The SMILES string of the molecule is CCOc1cc(/C=N\N2C(=O)[C@@H]3[C@@H](C2=O)[C@H]2C=C[C@H]3C23CC3)cc(I)c1OC. The number of imide groups is 1. The van der Waals surface area contributed by atoms with Gasteiger partial charge in [0.1, 0.15) is 0 Å². The van der Waals surface area contributed by atoms with E-state index in [2.05, 4.69) is 39.8 Å². The highest BCUT2D eigenvalue weighted by molar-refractivity contribution is 14.1. The summed E-state index contributed by atoms with van der Waals surface area (Å²) in [6, 6.07) is 3.70. The molecule has 0 aromatic heterocycles. The molecule has 1 aromatic carbocycles. The van der Waals surface area contributed by atoms with Crippen LogP contribution in [0.15, 0.2) is 29.4 Å². The molecular weight excluding hydrogens is 471 g/mol. The molecule has 28 heavy (non-hydrogen) atoms. The van der Waals surface area contributed by atoms with Crippen LogP contribution >= 0.6 is 22.6 Å². The molecule has 4 aliphatic rings. The molecule has 1 aliphatic heterocycles. The lowest BCUT2D eigenvalue weighted by Crippen LogP contribution is -2.30. The summed E-state index contributed by atoms with van der Waals surface area (Å²) < 4.78 is 11.9. The predicted molar refractivity (Wildman–Crippen MR) is 111 cm³/mol. The summed E-state index contributed by atoms with van der Waals surface area (Å²) in [7, 11) is 1.60. The van der Waals surface area contributed by atoms with E-state index in [4.69, 9.17) is 9.47 Å². The molecule has 6 nitrogen and oxygen atoms in total. The Morgan fingerprint density at radius 1 is 1.21 bits per heavy atom. The monoisotopic (exact) mass is 492 g/mol. The molecule has 0 N–H and O–H groups in total. The number of fused-ring (bicyclic) bond motifs is 3. The van der Waals surface area contributed by atoms with Crippen LogP contribution in [0.25, 0.3) is 0 Å². The summed E-state index contributed by atoms with van der Waals surface area (Å²) in [6.07, 6.45) is 8.16. The van der Waals surface area contributed by atoms with Gasteiger partial charge in [0, 0.05) is 0 Å². The average molecular weight is 492 g/mol. The highest BCUT2D eigenvalue weighted by atomic mass is 127. The maximum atomic E-state index is 13.0. The number of benzene rings is 1. The number of carbonyl (C=O) groups is 2. The molecule has 0 unspecified atom stereocenters. The maximum absolute atomic E-state index is 13.0. The minimum atomic E-state index is -0.225. The van der Waals surface area contributed by atoms with E-state index in [-0.39, 0.29) is 40.9 Å². The molecule has 2 saturated carbocycles. The zero-order chi connectivity index (χ0) is 19.6. The van der Waals surface area contributed by atoms with Gasteiger partial charge in [0.15, 0.2) is 11.5 Å². The van der Waals surface area contributed by atoms with Crippen molar-refractivity contribution in [2.75, 3.05) is 13.7 Å². The van der Waals surface area contributed by atoms with Crippen LogP contribution < -0.4 is 9.47 Å². The number of amides is 2. The van der Waals surface area contributed by atoms with E-state index >= 15 is 0 Å². The topological polar surface area (TPSA) is 68.2 Å².